The second-order valence-corrected chi connectivity index (χ2v) is 3.91. The maximum Gasteiger partial charge on any atom is 0.236 e. The third-order valence-electron chi connectivity index (χ3n) is 2.86. The maximum absolute atomic E-state index is 5.83. The summed E-state index contributed by atoms with van der Waals surface area (Å²) < 4.78 is 5.04. The van der Waals surface area contributed by atoms with Crippen LogP contribution in [-0.4, -0.2) is 25.2 Å². The van der Waals surface area contributed by atoms with Crippen LogP contribution in [0, 0.1) is 0 Å². The summed E-state index contributed by atoms with van der Waals surface area (Å²) in [7, 11) is 1.58. The van der Waals surface area contributed by atoms with Gasteiger partial charge in [0.2, 0.25) is 5.88 Å². The summed E-state index contributed by atoms with van der Waals surface area (Å²) in [4.78, 5) is 4.20. The molecule has 2 rings (SSSR count). The first-order valence-electron chi connectivity index (χ1n) is 5.31. The van der Waals surface area contributed by atoms with Crippen LogP contribution >= 0.6 is 0 Å². The molecule has 1 unspecified atom stereocenters. The maximum atomic E-state index is 5.83. The number of nitrogens with two attached hydrogens (primary N) is 1. The second kappa shape index (κ2) is 4.49. The van der Waals surface area contributed by atoms with Crippen LogP contribution in [0.3, 0.4) is 0 Å². The Morgan fingerprint density at radius 1 is 1.60 bits per heavy atom. The Kier molecular flexibility index (Phi) is 3.06. The fraction of sp³-hybridized carbons (Fsp3) is 0.545. The molecule has 0 aromatic carbocycles. The highest BCUT2D eigenvalue weighted by molar-refractivity contribution is 5.50. The Morgan fingerprint density at radius 2 is 2.47 bits per heavy atom. The van der Waals surface area contributed by atoms with Gasteiger partial charge in [-0.2, -0.15) is 0 Å². The zero-order valence-corrected chi connectivity index (χ0v) is 8.99. The van der Waals surface area contributed by atoms with Crippen molar-refractivity contribution < 1.29 is 4.74 Å². The molecule has 0 amide bonds. The van der Waals surface area contributed by atoms with Crippen molar-refractivity contribution >= 4 is 5.69 Å². The van der Waals surface area contributed by atoms with E-state index >= 15 is 0 Å². The van der Waals surface area contributed by atoms with Gasteiger partial charge < -0.3 is 15.8 Å². The molecule has 0 saturated carbocycles. The lowest BCUT2D eigenvalue weighted by atomic mass is 9.93. The topological polar surface area (TPSA) is 60.2 Å². The number of nitrogens with zero attached hydrogens (tertiary/aromatic N) is 1. The number of anilines is 1. The molecular formula is C11H17N3O. The Morgan fingerprint density at radius 3 is 3.07 bits per heavy atom. The lowest BCUT2D eigenvalue weighted by Crippen LogP contribution is -2.28. The number of piperidine rings is 1. The highest BCUT2D eigenvalue weighted by atomic mass is 16.5. The predicted octanol–water partition coefficient (Wildman–Crippen LogP) is 1.14. The lowest BCUT2D eigenvalue weighted by Gasteiger charge is -2.23. The molecule has 0 spiro atoms. The van der Waals surface area contributed by atoms with Gasteiger partial charge in [-0.25, -0.2) is 4.98 Å². The summed E-state index contributed by atoms with van der Waals surface area (Å²) in [5, 5.41) is 3.38. The van der Waals surface area contributed by atoms with Gasteiger partial charge >= 0.3 is 0 Å². The van der Waals surface area contributed by atoms with Gasteiger partial charge in [-0.15, -0.1) is 0 Å². The van der Waals surface area contributed by atoms with Gasteiger partial charge in [-0.05, 0) is 36.9 Å². The predicted molar refractivity (Wildman–Crippen MR) is 60.0 cm³/mol. The summed E-state index contributed by atoms with van der Waals surface area (Å²) in [6, 6.07) is 1.98. The third-order valence-corrected chi connectivity index (χ3v) is 2.86. The number of ether oxygens (including phenoxy) is 1. The quantitative estimate of drug-likeness (QED) is 0.763. The number of nitrogen functional groups attached to an aromatic ring is 1. The highest BCUT2D eigenvalue weighted by Gasteiger charge is 2.16. The van der Waals surface area contributed by atoms with Crippen molar-refractivity contribution in [2.75, 3.05) is 25.9 Å². The summed E-state index contributed by atoms with van der Waals surface area (Å²) in [5.41, 5.74) is 7.66. The van der Waals surface area contributed by atoms with Gasteiger partial charge in [0.25, 0.3) is 0 Å². The molecule has 1 saturated heterocycles. The summed E-state index contributed by atoms with van der Waals surface area (Å²) >= 11 is 0. The minimum absolute atomic E-state index is 0.516. The molecule has 0 aliphatic carbocycles. The van der Waals surface area contributed by atoms with Gasteiger partial charge in [-0.3, -0.25) is 0 Å². The molecule has 3 N–H and O–H groups in total. The molecule has 1 aromatic rings. The zero-order valence-electron chi connectivity index (χ0n) is 8.99. The number of hydrogen-bond donors (Lipinski definition) is 2. The van der Waals surface area contributed by atoms with Crippen molar-refractivity contribution in [2.24, 2.45) is 0 Å². The van der Waals surface area contributed by atoms with Crippen LogP contribution in [-0.2, 0) is 0 Å². The van der Waals surface area contributed by atoms with Crippen molar-refractivity contribution in [2.45, 2.75) is 18.8 Å². The van der Waals surface area contributed by atoms with E-state index in [0.29, 0.717) is 17.5 Å². The van der Waals surface area contributed by atoms with Crippen LogP contribution in [0.25, 0.3) is 0 Å². The van der Waals surface area contributed by atoms with Crippen molar-refractivity contribution in [3.05, 3.63) is 17.8 Å². The van der Waals surface area contributed by atoms with Gasteiger partial charge in [0.15, 0.2) is 0 Å². The number of hydrogen-bond acceptors (Lipinski definition) is 4. The van der Waals surface area contributed by atoms with Crippen LogP contribution < -0.4 is 15.8 Å². The molecular weight excluding hydrogens is 190 g/mol. The zero-order chi connectivity index (χ0) is 10.7. The SMILES string of the molecule is COc1ncc(C2CCCNC2)cc1N. The second-order valence-electron chi connectivity index (χ2n) is 3.91. The van der Waals surface area contributed by atoms with Crippen LogP contribution in [0.1, 0.15) is 24.3 Å². The fourth-order valence-corrected chi connectivity index (χ4v) is 2.02. The van der Waals surface area contributed by atoms with Gasteiger partial charge in [0.05, 0.1) is 12.8 Å². The fourth-order valence-electron chi connectivity index (χ4n) is 2.02. The molecule has 1 aromatic heterocycles. The van der Waals surface area contributed by atoms with Crippen LogP contribution in [0.2, 0.25) is 0 Å². The first kappa shape index (κ1) is 10.2. The Bertz CT molecular complexity index is 335. The number of methoxy groups -OCH3 is 1. The van der Waals surface area contributed by atoms with Crippen molar-refractivity contribution in [3.8, 4) is 5.88 Å². The monoisotopic (exact) mass is 207 g/mol. The van der Waals surface area contributed by atoms with Gasteiger partial charge in [0.1, 0.15) is 0 Å². The minimum Gasteiger partial charge on any atom is -0.480 e. The number of rotatable bonds is 2. The van der Waals surface area contributed by atoms with Crippen LogP contribution in [0.15, 0.2) is 12.3 Å². The molecule has 82 valence electrons. The molecule has 2 heterocycles. The molecule has 1 aliphatic rings. The van der Waals surface area contributed by atoms with E-state index in [0.717, 1.165) is 13.1 Å². The Labute approximate surface area is 89.8 Å². The minimum atomic E-state index is 0.516. The molecule has 15 heavy (non-hydrogen) atoms. The molecule has 1 aliphatic heterocycles. The Hall–Kier alpha value is -1.29. The highest BCUT2D eigenvalue weighted by Crippen LogP contribution is 2.27. The summed E-state index contributed by atoms with van der Waals surface area (Å²) in [5.74, 6) is 1.06. The van der Waals surface area contributed by atoms with Gasteiger partial charge in [-0.1, -0.05) is 0 Å². The summed E-state index contributed by atoms with van der Waals surface area (Å²) in [6.07, 6.45) is 4.30. The molecule has 1 atom stereocenters. The number of nitrogens with one attached hydrogen (secondary N) is 1. The smallest absolute Gasteiger partial charge is 0.236 e. The van der Waals surface area contributed by atoms with Crippen LogP contribution in [0.5, 0.6) is 5.88 Å². The average Bonchev–Trinajstić information content (AvgIpc) is 2.30. The van der Waals surface area contributed by atoms with Crippen molar-refractivity contribution in [1.82, 2.24) is 10.3 Å². The molecule has 4 heteroatoms. The van der Waals surface area contributed by atoms with Crippen LogP contribution in [0.4, 0.5) is 5.69 Å². The van der Waals surface area contributed by atoms with E-state index in [1.54, 1.807) is 7.11 Å². The molecule has 0 bridgehead atoms. The van der Waals surface area contributed by atoms with E-state index in [1.807, 2.05) is 12.3 Å². The first-order chi connectivity index (χ1) is 7.31. The van der Waals surface area contributed by atoms with E-state index in [9.17, 15) is 0 Å². The first-order valence-corrected chi connectivity index (χ1v) is 5.31. The lowest BCUT2D eigenvalue weighted by molar-refractivity contribution is 0.398. The largest absolute Gasteiger partial charge is 0.480 e. The third kappa shape index (κ3) is 2.21. The molecule has 1 fully saturated rings. The van der Waals surface area contributed by atoms with E-state index in [-0.39, 0.29) is 0 Å². The van der Waals surface area contributed by atoms with E-state index < -0.39 is 0 Å². The van der Waals surface area contributed by atoms with Gasteiger partial charge in [0, 0.05) is 12.7 Å². The standard InChI is InChI=1S/C11H17N3O/c1-15-11-10(12)5-9(7-14-11)8-3-2-4-13-6-8/h5,7-8,13H,2-4,6,12H2,1H3. The van der Waals surface area contributed by atoms with E-state index in [2.05, 4.69) is 10.3 Å². The number of aromatic nitrogens is 1. The summed E-state index contributed by atoms with van der Waals surface area (Å²) in [6.45, 7) is 2.14. The van der Waals surface area contributed by atoms with Crippen molar-refractivity contribution in [1.29, 1.82) is 0 Å². The number of pyridine rings is 1. The van der Waals surface area contributed by atoms with Crippen molar-refractivity contribution in [3.63, 3.8) is 0 Å². The Balaban J connectivity index is 2.17. The normalized spacial score (nSPS) is 21.3. The van der Waals surface area contributed by atoms with E-state index in [1.165, 1.54) is 18.4 Å². The van der Waals surface area contributed by atoms with E-state index in [4.69, 9.17) is 10.5 Å². The molecule has 4 nitrogen and oxygen atoms in total. The molecule has 0 radical (unpaired) electrons. The average molecular weight is 207 g/mol.